The fraction of sp³-hybridized carbons (Fsp3) is 0.500. The van der Waals surface area contributed by atoms with Crippen LogP contribution in [0.5, 0.6) is 5.75 Å². The third kappa shape index (κ3) is 3.74. The summed E-state index contributed by atoms with van der Waals surface area (Å²) in [5.41, 5.74) is 1.11. The van der Waals surface area contributed by atoms with Gasteiger partial charge in [0.15, 0.2) is 0 Å². The molecule has 1 saturated heterocycles. The van der Waals surface area contributed by atoms with E-state index in [2.05, 4.69) is 22.1 Å². The molecule has 4 nitrogen and oxygen atoms in total. The van der Waals surface area contributed by atoms with Crippen LogP contribution in [-0.4, -0.2) is 56.0 Å². The SMILES string of the molecule is CCOc1ccc(/C=N/N2CCN(C)CC2)cc1. The first-order chi connectivity index (χ1) is 8.78. The van der Waals surface area contributed by atoms with Crippen molar-refractivity contribution in [1.29, 1.82) is 0 Å². The van der Waals surface area contributed by atoms with E-state index in [-0.39, 0.29) is 0 Å². The molecule has 1 heterocycles. The second kappa shape index (κ2) is 6.40. The summed E-state index contributed by atoms with van der Waals surface area (Å²) >= 11 is 0. The van der Waals surface area contributed by atoms with Gasteiger partial charge in [0.05, 0.1) is 12.8 Å². The van der Waals surface area contributed by atoms with Crippen molar-refractivity contribution in [2.75, 3.05) is 39.8 Å². The van der Waals surface area contributed by atoms with Crippen LogP contribution in [0, 0.1) is 0 Å². The molecular formula is C14H21N3O. The highest BCUT2D eigenvalue weighted by molar-refractivity contribution is 5.79. The molecule has 0 bridgehead atoms. The van der Waals surface area contributed by atoms with Crippen LogP contribution in [-0.2, 0) is 0 Å². The van der Waals surface area contributed by atoms with Crippen LogP contribution in [0.15, 0.2) is 29.4 Å². The van der Waals surface area contributed by atoms with Gasteiger partial charge in [0.1, 0.15) is 5.75 Å². The zero-order valence-corrected chi connectivity index (χ0v) is 11.2. The van der Waals surface area contributed by atoms with E-state index in [1.165, 1.54) is 0 Å². The van der Waals surface area contributed by atoms with E-state index in [1.54, 1.807) is 0 Å². The fourth-order valence-electron chi connectivity index (χ4n) is 1.88. The lowest BCUT2D eigenvalue weighted by atomic mass is 10.2. The predicted molar refractivity (Wildman–Crippen MR) is 74.3 cm³/mol. The molecule has 1 aliphatic heterocycles. The number of benzene rings is 1. The van der Waals surface area contributed by atoms with Crippen LogP contribution in [0.3, 0.4) is 0 Å². The van der Waals surface area contributed by atoms with E-state index < -0.39 is 0 Å². The third-order valence-electron chi connectivity index (χ3n) is 3.04. The van der Waals surface area contributed by atoms with Gasteiger partial charge in [0, 0.05) is 26.2 Å². The summed E-state index contributed by atoms with van der Waals surface area (Å²) in [7, 11) is 2.15. The van der Waals surface area contributed by atoms with Crippen LogP contribution in [0.4, 0.5) is 0 Å². The van der Waals surface area contributed by atoms with Gasteiger partial charge in [0.2, 0.25) is 0 Å². The van der Waals surface area contributed by atoms with Crippen molar-refractivity contribution in [1.82, 2.24) is 9.91 Å². The topological polar surface area (TPSA) is 28.1 Å². The van der Waals surface area contributed by atoms with Crippen LogP contribution in [0.1, 0.15) is 12.5 Å². The second-order valence-corrected chi connectivity index (χ2v) is 4.50. The minimum Gasteiger partial charge on any atom is -0.494 e. The number of nitrogens with zero attached hydrogens (tertiary/aromatic N) is 3. The Labute approximate surface area is 109 Å². The number of piperazine rings is 1. The molecule has 18 heavy (non-hydrogen) atoms. The van der Waals surface area contributed by atoms with Crippen molar-refractivity contribution in [3.8, 4) is 5.75 Å². The van der Waals surface area contributed by atoms with Crippen molar-refractivity contribution in [2.24, 2.45) is 5.10 Å². The molecule has 1 aromatic rings. The summed E-state index contributed by atoms with van der Waals surface area (Å²) in [6, 6.07) is 8.03. The van der Waals surface area contributed by atoms with Gasteiger partial charge in [-0.25, -0.2) is 0 Å². The number of likely N-dealkylation sites (N-methyl/N-ethyl adjacent to an activating group) is 1. The fourth-order valence-corrected chi connectivity index (χ4v) is 1.88. The monoisotopic (exact) mass is 247 g/mol. The standard InChI is InChI=1S/C14H21N3O/c1-3-18-14-6-4-13(5-7-14)12-15-17-10-8-16(2)9-11-17/h4-7,12H,3,8-11H2,1-2H3/b15-12+. The average Bonchev–Trinajstić information content (AvgIpc) is 2.40. The van der Waals surface area contributed by atoms with Crippen molar-refractivity contribution < 1.29 is 4.74 Å². The largest absolute Gasteiger partial charge is 0.494 e. The van der Waals surface area contributed by atoms with Crippen LogP contribution in [0.2, 0.25) is 0 Å². The molecular weight excluding hydrogens is 226 g/mol. The number of rotatable bonds is 4. The average molecular weight is 247 g/mol. The van der Waals surface area contributed by atoms with Crippen molar-refractivity contribution in [2.45, 2.75) is 6.92 Å². The van der Waals surface area contributed by atoms with Crippen LogP contribution < -0.4 is 4.74 Å². The van der Waals surface area contributed by atoms with E-state index in [0.717, 1.165) is 37.5 Å². The summed E-state index contributed by atoms with van der Waals surface area (Å²) in [4.78, 5) is 2.32. The predicted octanol–water partition coefficient (Wildman–Crippen LogP) is 1.67. The first-order valence-electron chi connectivity index (χ1n) is 6.48. The lowest BCUT2D eigenvalue weighted by molar-refractivity contribution is 0.159. The molecule has 4 heteroatoms. The molecule has 1 aromatic carbocycles. The minimum atomic E-state index is 0.703. The molecule has 0 unspecified atom stereocenters. The molecule has 0 atom stereocenters. The maximum atomic E-state index is 5.41. The Morgan fingerprint density at radius 1 is 1.17 bits per heavy atom. The lowest BCUT2D eigenvalue weighted by Gasteiger charge is -2.30. The first kappa shape index (κ1) is 12.9. The van der Waals surface area contributed by atoms with E-state index in [4.69, 9.17) is 4.74 Å². The van der Waals surface area contributed by atoms with Gasteiger partial charge in [-0.1, -0.05) is 0 Å². The van der Waals surface area contributed by atoms with Crippen molar-refractivity contribution in [3.63, 3.8) is 0 Å². The molecule has 1 aliphatic rings. The van der Waals surface area contributed by atoms with Crippen LogP contribution >= 0.6 is 0 Å². The van der Waals surface area contributed by atoms with Gasteiger partial charge >= 0.3 is 0 Å². The maximum Gasteiger partial charge on any atom is 0.119 e. The molecule has 0 spiro atoms. The van der Waals surface area contributed by atoms with E-state index in [9.17, 15) is 0 Å². The molecule has 98 valence electrons. The van der Waals surface area contributed by atoms with Crippen molar-refractivity contribution in [3.05, 3.63) is 29.8 Å². The summed E-state index contributed by atoms with van der Waals surface area (Å²) in [5, 5.41) is 6.63. The minimum absolute atomic E-state index is 0.703. The molecule has 0 N–H and O–H groups in total. The molecule has 0 aliphatic carbocycles. The summed E-state index contributed by atoms with van der Waals surface area (Å²) in [6.07, 6.45) is 1.92. The Morgan fingerprint density at radius 2 is 1.83 bits per heavy atom. The molecule has 2 rings (SSSR count). The van der Waals surface area contributed by atoms with Gasteiger partial charge in [0.25, 0.3) is 0 Å². The molecule has 0 saturated carbocycles. The normalized spacial score (nSPS) is 17.3. The zero-order chi connectivity index (χ0) is 12.8. The van der Waals surface area contributed by atoms with E-state index in [1.807, 2.05) is 37.4 Å². The number of hydrogen-bond acceptors (Lipinski definition) is 4. The molecule has 0 radical (unpaired) electrons. The van der Waals surface area contributed by atoms with Crippen molar-refractivity contribution >= 4 is 6.21 Å². The molecule has 0 amide bonds. The Kier molecular flexibility index (Phi) is 4.59. The Balaban J connectivity index is 1.88. The smallest absolute Gasteiger partial charge is 0.119 e. The highest BCUT2D eigenvalue weighted by Crippen LogP contribution is 2.11. The summed E-state index contributed by atoms with van der Waals surface area (Å²) in [6.45, 7) is 6.87. The highest BCUT2D eigenvalue weighted by Gasteiger charge is 2.10. The van der Waals surface area contributed by atoms with Gasteiger partial charge < -0.3 is 9.64 Å². The van der Waals surface area contributed by atoms with Gasteiger partial charge in [-0.15, -0.1) is 0 Å². The van der Waals surface area contributed by atoms with Gasteiger partial charge in [-0.3, -0.25) is 5.01 Å². The highest BCUT2D eigenvalue weighted by atomic mass is 16.5. The third-order valence-corrected chi connectivity index (χ3v) is 3.04. The van der Waals surface area contributed by atoms with Gasteiger partial charge in [-0.2, -0.15) is 5.10 Å². The maximum absolute atomic E-state index is 5.41. The Hall–Kier alpha value is -1.55. The first-order valence-corrected chi connectivity index (χ1v) is 6.48. The lowest BCUT2D eigenvalue weighted by Crippen LogP contribution is -2.41. The Bertz CT molecular complexity index is 381. The zero-order valence-electron chi connectivity index (χ0n) is 11.2. The van der Waals surface area contributed by atoms with Gasteiger partial charge in [-0.05, 0) is 43.8 Å². The summed E-state index contributed by atoms with van der Waals surface area (Å²) < 4.78 is 5.41. The molecule has 0 aromatic heterocycles. The van der Waals surface area contributed by atoms with Crippen LogP contribution in [0.25, 0.3) is 0 Å². The second-order valence-electron chi connectivity index (χ2n) is 4.50. The van der Waals surface area contributed by atoms with E-state index >= 15 is 0 Å². The molecule has 1 fully saturated rings. The quantitative estimate of drug-likeness (QED) is 0.758. The number of hydrazone groups is 1. The summed E-state index contributed by atoms with van der Waals surface area (Å²) in [5.74, 6) is 0.911. The van der Waals surface area contributed by atoms with E-state index in [0.29, 0.717) is 6.61 Å². The number of hydrogen-bond donors (Lipinski definition) is 0. The number of ether oxygens (including phenoxy) is 1. The Morgan fingerprint density at radius 3 is 2.44 bits per heavy atom.